The van der Waals surface area contributed by atoms with Crippen molar-refractivity contribution >= 4 is 46.3 Å². The van der Waals surface area contributed by atoms with Gasteiger partial charge in [0.05, 0.1) is 17.3 Å². The fraction of sp³-hybridized carbons (Fsp3) is 0.478. The van der Waals surface area contributed by atoms with Crippen LogP contribution in [0.15, 0.2) is 28.8 Å². The number of methoxy groups -OCH3 is 1. The molecule has 0 aliphatic carbocycles. The molecule has 1 fully saturated rings. The Morgan fingerprint density at radius 3 is 2.76 bits per heavy atom. The van der Waals surface area contributed by atoms with Gasteiger partial charge in [-0.1, -0.05) is 5.10 Å². The number of pyridine rings is 1. The van der Waals surface area contributed by atoms with Gasteiger partial charge in [0.15, 0.2) is 0 Å². The Morgan fingerprint density at radius 1 is 1.26 bits per heavy atom. The molecule has 1 saturated heterocycles. The van der Waals surface area contributed by atoms with Crippen LogP contribution in [0.25, 0.3) is 0 Å². The van der Waals surface area contributed by atoms with Crippen molar-refractivity contribution in [3.05, 3.63) is 34.4 Å². The number of ether oxygens (including phenoxy) is 2. The van der Waals surface area contributed by atoms with Crippen LogP contribution in [0.3, 0.4) is 0 Å². The minimum Gasteiger partial charge on any atom is -0.447 e. The van der Waals surface area contributed by atoms with Crippen molar-refractivity contribution < 1.29 is 23.7 Å². The summed E-state index contributed by atoms with van der Waals surface area (Å²) in [7, 11) is 1.57. The molecule has 2 aromatic heterocycles. The maximum absolute atomic E-state index is 13.0. The summed E-state index contributed by atoms with van der Waals surface area (Å²) < 4.78 is 11.9. The molecule has 2 aromatic rings. The fourth-order valence-electron chi connectivity index (χ4n) is 4.01. The van der Waals surface area contributed by atoms with Crippen molar-refractivity contribution in [1.29, 1.82) is 0 Å². The zero-order chi connectivity index (χ0) is 24.1. The first-order chi connectivity index (χ1) is 16.5. The molecule has 2 amide bonds. The van der Waals surface area contributed by atoms with Crippen LogP contribution in [-0.4, -0.2) is 76.4 Å². The van der Waals surface area contributed by atoms with Crippen molar-refractivity contribution in [1.82, 2.24) is 14.9 Å². The van der Waals surface area contributed by atoms with E-state index in [1.165, 1.54) is 11.3 Å². The molecule has 4 heterocycles. The van der Waals surface area contributed by atoms with Gasteiger partial charge in [-0.3, -0.25) is 4.79 Å². The summed E-state index contributed by atoms with van der Waals surface area (Å²) in [4.78, 5) is 35.8. The molecule has 0 spiro atoms. The van der Waals surface area contributed by atoms with Gasteiger partial charge in [0.1, 0.15) is 29.9 Å². The number of hydrogen-bond donors (Lipinski definition) is 1. The lowest BCUT2D eigenvalue weighted by molar-refractivity contribution is -0.446. The van der Waals surface area contributed by atoms with Crippen molar-refractivity contribution in [3.8, 4) is 0 Å². The molecule has 4 rings (SSSR count). The van der Waals surface area contributed by atoms with Crippen molar-refractivity contribution in [3.63, 3.8) is 0 Å². The van der Waals surface area contributed by atoms with Gasteiger partial charge < -0.3 is 19.7 Å². The first-order valence-electron chi connectivity index (χ1n) is 11.2. The fourth-order valence-corrected chi connectivity index (χ4v) is 4.98. The molecule has 2 aliphatic rings. The average molecular weight is 486 g/mol. The third-order valence-corrected chi connectivity index (χ3v) is 6.76. The van der Waals surface area contributed by atoms with Gasteiger partial charge in [0.2, 0.25) is 0 Å². The third-order valence-electron chi connectivity index (χ3n) is 5.75. The normalized spacial score (nSPS) is 16.6. The number of hydrogen-bond acceptors (Lipinski definition) is 8. The number of likely N-dealkylation sites (tertiary alicyclic amines) is 1. The molecule has 0 radical (unpaired) electrons. The standard InChI is InChI=1S/C23H28N6O4S/c1-15-13-16(2)29(27-15)20-18(5-4-8-24-20)25-21(30)19-14-34-22(26-19)17-6-9-28(10-7-17)23(31)33-12-11-32-3/h4-5,8,14,17H,6-7,9-13H2,1-3H3/p+1. The largest absolute Gasteiger partial charge is 0.447 e. The third kappa shape index (κ3) is 5.48. The van der Waals surface area contributed by atoms with Crippen molar-refractivity contribution in [2.24, 2.45) is 5.10 Å². The number of rotatable bonds is 7. The highest BCUT2D eigenvalue weighted by Gasteiger charge is 2.28. The second-order valence-corrected chi connectivity index (χ2v) is 9.22. The minimum atomic E-state index is -0.313. The Morgan fingerprint density at radius 2 is 2.06 bits per heavy atom. The van der Waals surface area contributed by atoms with Crippen LogP contribution in [-0.2, 0) is 9.47 Å². The topological polar surface area (TPSA) is 109 Å². The van der Waals surface area contributed by atoms with E-state index in [-0.39, 0.29) is 24.5 Å². The molecule has 10 nitrogen and oxygen atoms in total. The lowest BCUT2D eigenvalue weighted by atomic mass is 9.98. The molecule has 1 N–H and O–H groups in total. The average Bonchev–Trinajstić information content (AvgIpc) is 3.46. The second kappa shape index (κ2) is 10.8. The van der Waals surface area contributed by atoms with E-state index in [2.05, 4.69) is 20.4 Å². The highest BCUT2D eigenvalue weighted by molar-refractivity contribution is 7.10. The lowest BCUT2D eigenvalue weighted by Crippen LogP contribution is -2.38. The van der Waals surface area contributed by atoms with E-state index in [9.17, 15) is 9.59 Å². The minimum absolute atomic E-state index is 0.211. The zero-order valence-corrected chi connectivity index (χ0v) is 20.4. The summed E-state index contributed by atoms with van der Waals surface area (Å²) in [6.07, 6.45) is 3.71. The number of aromatic nitrogens is 2. The molecule has 34 heavy (non-hydrogen) atoms. The number of hydrazone groups is 1. The molecule has 0 atom stereocenters. The first kappa shape index (κ1) is 24.0. The molecular formula is C23H29N6O4S+. The summed E-state index contributed by atoms with van der Waals surface area (Å²) in [5.74, 6) is 0.515. The SMILES string of the molecule is COCCOC(=O)N1CCC(c2nc(C(=O)Nc3cccnc3[N+]3=C(C)CC(C)=N3)cs2)CC1. The van der Waals surface area contributed by atoms with Crippen LogP contribution in [0.4, 0.5) is 16.3 Å². The van der Waals surface area contributed by atoms with Crippen LogP contribution in [0.2, 0.25) is 0 Å². The predicted octanol–water partition coefficient (Wildman–Crippen LogP) is 3.64. The summed E-state index contributed by atoms with van der Waals surface area (Å²) in [5, 5.41) is 10.2. The Hall–Kier alpha value is -3.18. The Labute approximate surface area is 202 Å². The summed E-state index contributed by atoms with van der Waals surface area (Å²) in [6.45, 7) is 5.80. The molecule has 0 bridgehead atoms. The van der Waals surface area contributed by atoms with E-state index < -0.39 is 0 Å². The van der Waals surface area contributed by atoms with Crippen molar-refractivity contribution in [2.75, 3.05) is 38.7 Å². The van der Waals surface area contributed by atoms with Gasteiger partial charge >= 0.3 is 11.9 Å². The number of nitrogens with one attached hydrogen (secondary N) is 1. The summed E-state index contributed by atoms with van der Waals surface area (Å²) in [6, 6.07) is 3.59. The monoisotopic (exact) mass is 485 g/mol. The number of thiazole rings is 1. The van der Waals surface area contributed by atoms with Crippen LogP contribution in [0, 0.1) is 0 Å². The zero-order valence-electron chi connectivity index (χ0n) is 19.6. The maximum atomic E-state index is 13.0. The van der Waals surface area contributed by atoms with Crippen LogP contribution >= 0.6 is 11.3 Å². The number of carbonyl (C=O) groups excluding carboxylic acids is 2. The van der Waals surface area contributed by atoms with Crippen LogP contribution in [0.5, 0.6) is 0 Å². The van der Waals surface area contributed by atoms with E-state index >= 15 is 0 Å². The van der Waals surface area contributed by atoms with Crippen LogP contribution < -0.4 is 5.32 Å². The molecule has 2 aliphatic heterocycles. The summed E-state index contributed by atoms with van der Waals surface area (Å²) >= 11 is 1.48. The van der Waals surface area contributed by atoms with E-state index in [0.717, 1.165) is 35.7 Å². The van der Waals surface area contributed by atoms with E-state index in [4.69, 9.17) is 9.47 Å². The van der Waals surface area contributed by atoms with Gasteiger partial charge in [0, 0.05) is 37.9 Å². The molecule has 0 unspecified atom stereocenters. The maximum Gasteiger partial charge on any atom is 0.409 e. The van der Waals surface area contributed by atoms with Gasteiger partial charge in [-0.05, 0) is 43.8 Å². The van der Waals surface area contributed by atoms with Gasteiger partial charge in [-0.2, -0.15) is 0 Å². The van der Waals surface area contributed by atoms with E-state index in [1.807, 2.05) is 19.9 Å². The first-order valence-corrected chi connectivity index (χ1v) is 12.1. The lowest BCUT2D eigenvalue weighted by Gasteiger charge is -2.30. The smallest absolute Gasteiger partial charge is 0.409 e. The number of carbonyl (C=O) groups is 2. The highest BCUT2D eigenvalue weighted by Crippen LogP contribution is 2.31. The Balaban J connectivity index is 1.37. The molecule has 0 saturated carbocycles. The number of piperidine rings is 1. The second-order valence-electron chi connectivity index (χ2n) is 8.33. The number of anilines is 1. The van der Waals surface area contributed by atoms with E-state index in [1.54, 1.807) is 34.3 Å². The predicted molar refractivity (Wildman–Crippen MR) is 129 cm³/mol. The van der Waals surface area contributed by atoms with Gasteiger partial charge in [-0.25, -0.2) is 9.78 Å². The molecule has 0 aromatic carbocycles. The number of amides is 2. The highest BCUT2D eigenvalue weighted by atomic mass is 32.1. The molecule has 180 valence electrons. The van der Waals surface area contributed by atoms with E-state index in [0.29, 0.717) is 36.9 Å². The van der Waals surface area contributed by atoms with Crippen molar-refractivity contribution in [2.45, 2.75) is 39.0 Å². The summed E-state index contributed by atoms with van der Waals surface area (Å²) in [5.41, 5.74) is 3.01. The number of nitrogens with zero attached hydrogens (tertiary/aromatic N) is 5. The van der Waals surface area contributed by atoms with Crippen LogP contribution in [0.1, 0.15) is 54.5 Å². The Bertz CT molecular complexity index is 1120. The molecule has 11 heteroatoms. The van der Waals surface area contributed by atoms with Gasteiger partial charge in [0.25, 0.3) is 5.91 Å². The quantitative estimate of drug-likeness (QED) is 0.474. The molecular weight excluding hydrogens is 456 g/mol. The Kier molecular flexibility index (Phi) is 7.63. The van der Waals surface area contributed by atoms with Gasteiger partial charge in [-0.15, -0.1) is 16.0 Å².